The molecule has 0 N–H and O–H groups in total. The van der Waals surface area contributed by atoms with Gasteiger partial charge in [-0.3, -0.25) is 0 Å². The quantitative estimate of drug-likeness (QED) is 0.359. The Morgan fingerprint density at radius 3 is 1.09 bits per heavy atom. The van der Waals surface area contributed by atoms with Crippen LogP contribution < -0.4 is 0 Å². The van der Waals surface area contributed by atoms with Crippen LogP contribution in [-0.2, 0) is 17.6 Å². The van der Waals surface area contributed by atoms with Gasteiger partial charge in [-0.1, -0.05) is 124 Å². The maximum atomic E-state index is 4.83. The highest BCUT2D eigenvalue weighted by atomic mass is 16.5. The molecular weight excluding hydrogens is 388 g/mol. The molecule has 0 aromatic heterocycles. The molecule has 0 amide bonds. The lowest BCUT2D eigenvalue weighted by Crippen LogP contribution is -2.12. The molecule has 1 saturated carbocycles. The summed E-state index contributed by atoms with van der Waals surface area (Å²) in [6.07, 6.45) is 17.9. The Morgan fingerprint density at radius 2 is 0.938 bits per heavy atom. The van der Waals surface area contributed by atoms with Crippen molar-refractivity contribution < 1.29 is 4.74 Å². The summed E-state index contributed by atoms with van der Waals surface area (Å²) >= 11 is 0. The molecule has 0 aliphatic heterocycles. The fraction of sp³-hybridized carbons (Fsp3) is 0.742. The lowest BCUT2D eigenvalue weighted by Gasteiger charge is -2.26. The molecule has 1 aliphatic carbocycles. The van der Waals surface area contributed by atoms with Crippen LogP contribution in [0.25, 0.3) is 0 Å². The zero-order valence-corrected chi connectivity index (χ0v) is 22.5. The Balaban J connectivity index is -0.000000362. The van der Waals surface area contributed by atoms with Crippen LogP contribution in [0, 0.1) is 11.8 Å². The van der Waals surface area contributed by atoms with Crippen LogP contribution in [0.3, 0.4) is 0 Å². The van der Waals surface area contributed by atoms with Crippen LogP contribution >= 0.6 is 0 Å². The Bertz CT molecular complexity index is 423. The lowest BCUT2D eigenvalue weighted by molar-refractivity contribution is 0.162. The molecule has 0 bridgehead atoms. The van der Waals surface area contributed by atoms with Gasteiger partial charge in [-0.05, 0) is 62.5 Å². The molecule has 0 spiro atoms. The first-order chi connectivity index (χ1) is 15.1. The molecule has 1 nitrogen and oxygen atoms in total. The normalized spacial score (nSPS) is 17.0. The van der Waals surface area contributed by atoms with Gasteiger partial charge in [0.25, 0.3) is 0 Å². The standard InChI is InChI=1S/C10H20.C10H14.C6H12.C4H10O.CH4/c2*1-3-9-5-7-10(4-2)8-6-9;1-3-5-6-4-2;1-3-5-4-2;/h9-10H,3-8H2,1-2H3;5-8H,3-4H2,1-2H3;5-6H,3-4H2,1-2H3;3-4H2,1-2H3;1H4. The van der Waals surface area contributed by atoms with Gasteiger partial charge in [-0.15, -0.1) is 0 Å². The average molecular weight is 449 g/mol. The van der Waals surface area contributed by atoms with Gasteiger partial charge in [-0.2, -0.15) is 0 Å². The van der Waals surface area contributed by atoms with E-state index in [1.165, 1.54) is 62.5 Å². The maximum Gasteiger partial charge on any atom is 0.0437 e. The molecule has 1 fully saturated rings. The second-order valence-corrected chi connectivity index (χ2v) is 8.30. The number of rotatable bonds is 8. The number of hydrogen-bond donors (Lipinski definition) is 0. The molecule has 0 heterocycles. The molecule has 1 aromatic carbocycles. The van der Waals surface area contributed by atoms with Crippen molar-refractivity contribution in [2.45, 2.75) is 127 Å². The molecule has 1 heteroatoms. The highest BCUT2D eigenvalue weighted by Gasteiger charge is 2.17. The van der Waals surface area contributed by atoms with Crippen molar-refractivity contribution in [2.75, 3.05) is 13.2 Å². The fourth-order valence-electron chi connectivity index (χ4n) is 3.60. The Kier molecular flexibility index (Phi) is 31.0. The summed E-state index contributed by atoms with van der Waals surface area (Å²) < 4.78 is 4.83. The average Bonchev–Trinajstić information content (AvgIpc) is 2.84. The number of ether oxygens (including phenoxy) is 1. The van der Waals surface area contributed by atoms with Gasteiger partial charge >= 0.3 is 0 Å². The molecule has 1 aromatic rings. The summed E-state index contributed by atoms with van der Waals surface area (Å²) in [6.45, 7) is 19.0. The van der Waals surface area contributed by atoms with Crippen LogP contribution in [0.1, 0.15) is 125 Å². The predicted molar refractivity (Wildman–Crippen MR) is 150 cm³/mol. The third kappa shape index (κ3) is 22.1. The van der Waals surface area contributed by atoms with Gasteiger partial charge in [-0.25, -0.2) is 0 Å². The highest BCUT2D eigenvalue weighted by molar-refractivity contribution is 5.22. The molecule has 1 aliphatic rings. The van der Waals surface area contributed by atoms with Crippen molar-refractivity contribution >= 4 is 0 Å². The van der Waals surface area contributed by atoms with Crippen LogP contribution in [-0.4, -0.2) is 13.2 Å². The van der Waals surface area contributed by atoms with Gasteiger partial charge in [0.05, 0.1) is 0 Å². The van der Waals surface area contributed by atoms with E-state index in [4.69, 9.17) is 4.74 Å². The topological polar surface area (TPSA) is 9.23 Å². The maximum absolute atomic E-state index is 4.83. The van der Waals surface area contributed by atoms with E-state index >= 15 is 0 Å². The zero-order valence-electron chi connectivity index (χ0n) is 22.5. The molecule has 0 unspecified atom stereocenters. The van der Waals surface area contributed by atoms with Gasteiger partial charge in [0, 0.05) is 13.2 Å². The summed E-state index contributed by atoms with van der Waals surface area (Å²) in [4.78, 5) is 0. The summed E-state index contributed by atoms with van der Waals surface area (Å²) in [5.41, 5.74) is 2.86. The van der Waals surface area contributed by atoms with Crippen LogP contribution in [0.5, 0.6) is 0 Å². The van der Waals surface area contributed by atoms with Crippen LogP contribution in [0.4, 0.5) is 0 Å². The third-order valence-corrected chi connectivity index (χ3v) is 6.01. The number of benzene rings is 1. The largest absolute Gasteiger partial charge is 0.382 e. The van der Waals surface area contributed by atoms with Gasteiger partial charge in [0.2, 0.25) is 0 Å². The fourth-order valence-corrected chi connectivity index (χ4v) is 3.60. The summed E-state index contributed by atoms with van der Waals surface area (Å²) in [7, 11) is 0. The first kappa shape index (κ1) is 35.5. The minimum atomic E-state index is 0. The SMILES string of the molecule is C.CCC1CCC(CC)CC1.CCC=CCC.CCOCC.CCc1ccc(CC)cc1. The molecule has 190 valence electrons. The number of allylic oxidation sites excluding steroid dienone is 2. The second kappa shape index (κ2) is 28.0. The smallest absolute Gasteiger partial charge is 0.0437 e. The van der Waals surface area contributed by atoms with E-state index in [-0.39, 0.29) is 7.43 Å². The Labute approximate surface area is 204 Å². The number of aryl methyl sites for hydroxylation is 2. The van der Waals surface area contributed by atoms with E-state index in [0.29, 0.717) is 0 Å². The minimum Gasteiger partial charge on any atom is -0.382 e. The summed E-state index contributed by atoms with van der Waals surface area (Å²) in [6, 6.07) is 8.83. The second-order valence-electron chi connectivity index (χ2n) is 8.30. The molecule has 2 rings (SSSR count). The Hall–Kier alpha value is -1.08. The van der Waals surface area contributed by atoms with Crippen molar-refractivity contribution in [3.8, 4) is 0 Å². The molecule has 0 atom stereocenters. The minimum absolute atomic E-state index is 0. The van der Waals surface area contributed by atoms with Crippen molar-refractivity contribution in [1.29, 1.82) is 0 Å². The van der Waals surface area contributed by atoms with E-state index in [9.17, 15) is 0 Å². The van der Waals surface area contributed by atoms with Crippen molar-refractivity contribution in [3.05, 3.63) is 47.5 Å². The van der Waals surface area contributed by atoms with Crippen molar-refractivity contribution in [2.24, 2.45) is 11.8 Å². The van der Waals surface area contributed by atoms with E-state index in [1.807, 2.05) is 13.8 Å². The molecular formula is C31H60O. The van der Waals surface area contributed by atoms with E-state index in [1.54, 1.807) is 0 Å². The van der Waals surface area contributed by atoms with E-state index < -0.39 is 0 Å². The highest BCUT2D eigenvalue weighted by Crippen LogP contribution is 2.31. The third-order valence-electron chi connectivity index (χ3n) is 6.01. The van der Waals surface area contributed by atoms with Gasteiger partial charge in [0.15, 0.2) is 0 Å². The van der Waals surface area contributed by atoms with Crippen molar-refractivity contribution in [3.63, 3.8) is 0 Å². The Morgan fingerprint density at radius 1 is 0.625 bits per heavy atom. The molecule has 0 radical (unpaired) electrons. The summed E-state index contributed by atoms with van der Waals surface area (Å²) in [5, 5.41) is 0. The first-order valence-corrected chi connectivity index (χ1v) is 13.4. The first-order valence-electron chi connectivity index (χ1n) is 13.4. The van der Waals surface area contributed by atoms with E-state index in [0.717, 1.165) is 37.9 Å². The van der Waals surface area contributed by atoms with Gasteiger partial charge < -0.3 is 4.74 Å². The van der Waals surface area contributed by atoms with Crippen molar-refractivity contribution in [1.82, 2.24) is 0 Å². The van der Waals surface area contributed by atoms with E-state index in [2.05, 4.69) is 78.0 Å². The molecule has 0 saturated heterocycles. The van der Waals surface area contributed by atoms with Crippen LogP contribution in [0.15, 0.2) is 36.4 Å². The van der Waals surface area contributed by atoms with Gasteiger partial charge in [0.1, 0.15) is 0 Å². The zero-order chi connectivity index (χ0) is 23.7. The predicted octanol–water partition coefficient (Wildman–Crippen LogP) is 10.5. The molecule has 32 heavy (non-hydrogen) atoms. The lowest BCUT2D eigenvalue weighted by atomic mass is 9.80. The summed E-state index contributed by atoms with van der Waals surface area (Å²) in [5.74, 6) is 2.14. The number of hydrogen-bond acceptors (Lipinski definition) is 1. The monoisotopic (exact) mass is 448 g/mol. The van der Waals surface area contributed by atoms with Crippen LogP contribution in [0.2, 0.25) is 0 Å².